The molecule has 0 spiro atoms. The summed E-state index contributed by atoms with van der Waals surface area (Å²) in [5, 5.41) is 9.63. The zero-order valence-electron chi connectivity index (χ0n) is 14.1. The molecule has 0 saturated heterocycles. The summed E-state index contributed by atoms with van der Waals surface area (Å²) in [5.41, 5.74) is 0. The molecule has 1 aromatic carbocycles. The van der Waals surface area contributed by atoms with Crippen molar-refractivity contribution in [2.45, 2.75) is 42.9 Å². The summed E-state index contributed by atoms with van der Waals surface area (Å²) in [6.45, 7) is 8.23. The summed E-state index contributed by atoms with van der Waals surface area (Å²) >= 11 is 7.34. The third-order valence-corrected chi connectivity index (χ3v) is 6.24. The minimum absolute atomic E-state index is 0.166. The minimum Gasteiger partial charge on any atom is -0.305 e. The Hall–Kier alpha value is -1.35. The molecule has 6 nitrogen and oxygen atoms in total. The molecule has 1 N–H and O–H groups in total. The van der Waals surface area contributed by atoms with Gasteiger partial charge < -0.3 is 4.57 Å². The number of hydrogen-bond acceptors (Lipinski definition) is 5. The molecule has 1 atom stereocenters. The van der Waals surface area contributed by atoms with Gasteiger partial charge in [-0.3, -0.25) is 0 Å². The Balaban J connectivity index is 2.29. The highest BCUT2D eigenvalue weighted by molar-refractivity contribution is 7.99. The van der Waals surface area contributed by atoms with E-state index in [1.54, 1.807) is 18.2 Å². The summed E-state index contributed by atoms with van der Waals surface area (Å²) in [6.07, 6.45) is 2.34. The first kappa shape index (κ1) is 20.0. The van der Waals surface area contributed by atoms with E-state index < -0.39 is 16.1 Å². The summed E-state index contributed by atoms with van der Waals surface area (Å²) < 4.78 is 29.9. The number of hydrogen-bond donors (Lipinski definition) is 1. The van der Waals surface area contributed by atoms with Gasteiger partial charge in [-0.2, -0.15) is 0 Å². The smallest absolute Gasteiger partial charge is 0.241 e. The molecule has 0 bridgehead atoms. The molecule has 1 unspecified atom stereocenters. The van der Waals surface area contributed by atoms with E-state index in [9.17, 15) is 8.42 Å². The van der Waals surface area contributed by atoms with Gasteiger partial charge in [-0.1, -0.05) is 36.4 Å². The van der Waals surface area contributed by atoms with Crippen molar-refractivity contribution in [3.8, 4) is 0 Å². The molecular weight excluding hydrogens is 380 g/mol. The fraction of sp³-hybridized carbons (Fsp3) is 0.375. The number of rotatable bonds is 9. The highest BCUT2D eigenvalue weighted by Crippen LogP contribution is 2.24. The second-order valence-electron chi connectivity index (χ2n) is 5.22. The van der Waals surface area contributed by atoms with Gasteiger partial charge in [0.25, 0.3) is 0 Å². The van der Waals surface area contributed by atoms with E-state index in [2.05, 4.69) is 21.5 Å². The van der Waals surface area contributed by atoms with Crippen LogP contribution in [0.2, 0.25) is 5.02 Å². The van der Waals surface area contributed by atoms with E-state index in [0.29, 0.717) is 29.6 Å². The molecule has 1 heterocycles. The Morgan fingerprint density at radius 3 is 2.56 bits per heavy atom. The maximum absolute atomic E-state index is 12.6. The molecule has 2 aromatic rings. The standard InChI is InChI=1S/C16H21ClN4O2S2/c1-4-11-24-16-19-18-15(21(16)6-3)14(5-2)20-25(22,23)13-9-7-12(17)8-10-13/h4,7-10,14,20H,1,5-6,11H2,2-3H3. The molecule has 0 aliphatic carbocycles. The van der Waals surface area contributed by atoms with E-state index in [1.165, 1.54) is 23.9 Å². The van der Waals surface area contributed by atoms with E-state index in [4.69, 9.17) is 11.6 Å². The van der Waals surface area contributed by atoms with Gasteiger partial charge in [-0.25, -0.2) is 13.1 Å². The van der Waals surface area contributed by atoms with Gasteiger partial charge in [0.15, 0.2) is 11.0 Å². The van der Waals surface area contributed by atoms with Crippen molar-refractivity contribution in [3.05, 3.63) is 47.8 Å². The zero-order valence-corrected chi connectivity index (χ0v) is 16.5. The number of sulfonamides is 1. The third kappa shape index (κ3) is 4.84. The van der Waals surface area contributed by atoms with Gasteiger partial charge in [0.1, 0.15) is 0 Å². The van der Waals surface area contributed by atoms with Crippen LogP contribution in [0, 0.1) is 0 Å². The molecule has 1 aromatic heterocycles. The van der Waals surface area contributed by atoms with Crippen LogP contribution in [0.4, 0.5) is 0 Å². The van der Waals surface area contributed by atoms with Crippen molar-refractivity contribution in [3.63, 3.8) is 0 Å². The number of nitrogens with zero attached hydrogens (tertiary/aromatic N) is 3. The van der Waals surface area contributed by atoms with Crippen molar-refractivity contribution in [2.75, 3.05) is 5.75 Å². The Kier molecular flexibility index (Phi) is 7.06. The largest absolute Gasteiger partial charge is 0.305 e. The first-order chi connectivity index (χ1) is 11.9. The highest BCUT2D eigenvalue weighted by atomic mass is 35.5. The Bertz CT molecular complexity index is 819. The molecule has 0 saturated carbocycles. The van der Waals surface area contributed by atoms with Crippen molar-refractivity contribution < 1.29 is 8.42 Å². The molecule has 0 fully saturated rings. The molecular formula is C16H21ClN4O2S2. The molecule has 0 radical (unpaired) electrons. The van der Waals surface area contributed by atoms with Gasteiger partial charge in [0.05, 0.1) is 10.9 Å². The van der Waals surface area contributed by atoms with Crippen LogP contribution in [-0.2, 0) is 16.6 Å². The van der Waals surface area contributed by atoms with Gasteiger partial charge in [-0.15, -0.1) is 16.8 Å². The highest BCUT2D eigenvalue weighted by Gasteiger charge is 2.25. The zero-order chi connectivity index (χ0) is 18.4. The van der Waals surface area contributed by atoms with E-state index in [-0.39, 0.29) is 4.90 Å². The van der Waals surface area contributed by atoms with Crippen LogP contribution in [0.1, 0.15) is 32.1 Å². The van der Waals surface area contributed by atoms with Crippen molar-refractivity contribution in [1.82, 2.24) is 19.5 Å². The van der Waals surface area contributed by atoms with Crippen LogP contribution in [-0.4, -0.2) is 28.9 Å². The van der Waals surface area contributed by atoms with Gasteiger partial charge in [-0.05, 0) is 37.6 Å². The summed E-state index contributed by atoms with van der Waals surface area (Å²) in [6, 6.07) is 5.59. The lowest BCUT2D eigenvalue weighted by Gasteiger charge is -2.17. The SMILES string of the molecule is C=CCSc1nnc(C(CC)NS(=O)(=O)c2ccc(Cl)cc2)n1CC. The fourth-order valence-corrected chi connectivity index (χ4v) is 4.43. The number of thioether (sulfide) groups is 1. The summed E-state index contributed by atoms with van der Waals surface area (Å²) in [7, 11) is -3.68. The number of nitrogens with one attached hydrogen (secondary N) is 1. The molecule has 0 aliphatic rings. The molecule has 0 aliphatic heterocycles. The van der Waals surface area contributed by atoms with E-state index in [1.807, 2.05) is 18.4 Å². The van der Waals surface area contributed by atoms with Crippen LogP contribution >= 0.6 is 23.4 Å². The Morgan fingerprint density at radius 2 is 2.00 bits per heavy atom. The molecule has 2 rings (SSSR count). The number of halogens is 1. The number of benzene rings is 1. The molecule has 0 amide bonds. The predicted octanol–water partition coefficient (Wildman–Crippen LogP) is 3.66. The Labute approximate surface area is 157 Å². The van der Waals surface area contributed by atoms with Gasteiger partial charge in [0.2, 0.25) is 10.0 Å². The van der Waals surface area contributed by atoms with Crippen LogP contribution in [0.25, 0.3) is 0 Å². The lowest BCUT2D eigenvalue weighted by atomic mass is 10.2. The average molecular weight is 401 g/mol. The van der Waals surface area contributed by atoms with Crippen molar-refractivity contribution in [2.24, 2.45) is 0 Å². The second kappa shape index (κ2) is 8.84. The van der Waals surface area contributed by atoms with Gasteiger partial charge >= 0.3 is 0 Å². The normalized spacial score (nSPS) is 12.9. The Morgan fingerprint density at radius 1 is 1.32 bits per heavy atom. The fourth-order valence-electron chi connectivity index (χ4n) is 2.28. The van der Waals surface area contributed by atoms with Crippen LogP contribution < -0.4 is 4.72 Å². The second-order valence-corrected chi connectivity index (χ2v) is 8.36. The quantitative estimate of drug-likeness (QED) is 0.513. The maximum Gasteiger partial charge on any atom is 0.241 e. The van der Waals surface area contributed by atoms with E-state index in [0.717, 1.165) is 5.16 Å². The first-order valence-corrected chi connectivity index (χ1v) is 10.7. The van der Waals surface area contributed by atoms with Crippen LogP contribution in [0.3, 0.4) is 0 Å². The van der Waals surface area contributed by atoms with Gasteiger partial charge in [0, 0.05) is 17.3 Å². The van der Waals surface area contributed by atoms with Crippen LogP contribution in [0.5, 0.6) is 0 Å². The molecule has 25 heavy (non-hydrogen) atoms. The lowest BCUT2D eigenvalue weighted by Crippen LogP contribution is -2.30. The monoisotopic (exact) mass is 400 g/mol. The third-order valence-electron chi connectivity index (χ3n) is 3.53. The lowest BCUT2D eigenvalue weighted by molar-refractivity contribution is 0.511. The molecule has 9 heteroatoms. The van der Waals surface area contributed by atoms with Crippen LogP contribution in [0.15, 0.2) is 47.0 Å². The van der Waals surface area contributed by atoms with Crippen molar-refractivity contribution >= 4 is 33.4 Å². The predicted molar refractivity (Wildman–Crippen MR) is 101 cm³/mol. The molecule has 136 valence electrons. The number of aromatic nitrogens is 3. The summed E-state index contributed by atoms with van der Waals surface area (Å²) in [5.74, 6) is 1.32. The average Bonchev–Trinajstić information content (AvgIpc) is 3.01. The first-order valence-electron chi connectivity index (χ1n) is 7.87. The minimum atomic E-state index is -3.68. The van der Waals surface area contributed by atoms with E-state index >= 15 is 0 Å². The maximum atomic E-state index is 12.6. The van der Waals surface area contributed by atoms with Crippen molar-refractivity contribution in [1.29, 1.82) is 0 Å². The summed E-state index contributed by atoms with van der Waals surface area (Å²) in [4.78, 5) is 0.166. The topological polar surface area (TPSA) is 76.9 Å².